The highest BCUT2D eigenvalue weighted by molar-refractivity contribution is 5.27. The molecule has 17 heavy (non-hydrogen) atoms. The van der Waals surface area contributed by atoms with Crippen LogP contribution in [-0.2, 0) is 13.0 Å². The van der Waals surface area contributed by atoms with Crippen LogP contribution in [0.3, 0.4) is 0 Å². The minimum Gasteiger partial charge on any atom is -0.326 e. The average Bonchev–Trinajstić information content (AvgIpc) is 2.58. The first-order valence-corrected chi connectivity index (χ1v) is 6.53. The van der Waals surface area contributed by atoms with Crippen molar-refractivity contribution in [2.45, 2.75) is 59.0 Å². The maximum Gasteiger partial charge on any atom is 0.137 e. The highest BCUT2D eigenvalue weighted by Gasteiger charge is 2.67. The van der Waals surface area contributed by atoms with Crippen molar-refractivity contribution in [1.82, 2.24) is 14.8 Å². The Morgan fingerprint density at radius 3 is 2.41 bits per heavy atom. The summed E-state index contributed by atoms with van der Waals surface area (Å²) in [6.45, 7) is 10.2. The molecule has 1 aromatic rings. The molecule has 1 aliphatic carbocycles. The molecule has 0 bridgehead atoms. The predicted molar refractivity (Wildman–Crippen MR) is 66.6 cm³/mol. The van der Waals surface area contributed by atoms with E-state index in [9.17, 15) is 0 Å². The van der Waals surface area contributed by atoms with E-state index in [1.807, 2.05) is 0 Å². The van der Waals surface area contributed by atoms with E-state index in [2.05, 4.69) is 42.5 Å². The summed E-state index contributed by atoms with van der Waals surface area (Å²) >= 11 is 0. The maximum atomic E-state index is 6.06. The van der Waals surface area contributed by atoms with E-state index in [0.717, 1.165) is 31.0 Å². The van der Waals surface area contributed by atoms with Crippen LogP contribution in [0, 0.1) is 10.8 Å². The number of rotatable bonds is 1. The van der Waals surface area contributed by atoms with Crippen LogP contribution in [-0.4, -0.2) is 20.8 Å². The average molecular weight is 234 g/mol. The molecule has 0 amide bonds. The third-order valence-electron chi connectivity index (χ3n) is 5.29. The number of aromatic nitrogens is 3. The molecule has 0 saturated heterocycles. The lowest BCUT2D eigenvalue weighted by molar-refractivity contribution is 0.438. The SMILES string of the molecule is CC1(C)C(c2nnc3n2CC(N)CC3)C1(C)C. The van der Waals surface area contributed by atoms with Crippen molar-refractivity contribution in [1.29, 1.82) is 0 Å². The Kier molecular flexibility index (Phi) is 2.05. The van der Waals surface area contributed by atoms with Crippen LogP contribution in [0.5, 0.6) is 0 Å². The Balaban J connectivity index is 1.99. The fraction of sp³-hybridized carbons (Fsp3) is 0.846. The molecule has 1 saturated carbocycles. The van der Waals surface area contributed by atoms with Crippen LogP contribution in [0.4, 0.5) is 0 Å². The first-order chi connectivity index (χ1) is 7.85. The van der Waals surface area contributed by atoms with Crippen LogP contribution < -0.4 is 5.73 Å². The van der Waals surface area contributed by atoms with Gasteiger partial charge in [0.05, 0.1) is 0 Å². The summed E-state index contributed by atoms with van der Waals surface area (Å²) in [5.41, 5.74) is 6.69. The monoisotopic (exact) mass is 234 g/mol. The van der Waals surface area contributed by atoms with E-state index in [0.29, 0.717) is 16.7 Å². The maximum absolute atomic E-state index is 6.06. The second-order valence-electron chi connectivity index (χ2n) is 6.76. The zero-order valence-corrected chi connectivity index (χ0v) is 11.2. The highest BCUT2D eigenvalue weighted by Crippen LogP contribution is 2.73. The molecule has 2 heterocycles. The van der Waals surface area contributed by atoms with Gasteiger partial charge < -0.3 is 10.3 Å². The van der Waals surface area contributed by atoms with Gasteiger partial charge in [0, 0.05) is 24.9 Å². The molecule has 1 fully saturated rings. The summed E-state index contributed by atoms with van der Waals surface area (Å²) in [6.07, 6.45) is 2.01. The van der Waals surface area contributed by atoms with Crippen molar-refractivity contribution < 1.29 is 0 Å². The summed E-state index contributed by atoms with van der Waals surface area (Å²) < 4.78 is 2.27. The molecular formula is C13H22N4. The summed E-state index contributed by atoms with van der Waals surface area (Å²) in [7, 11) is 0. The largest absolute Gasteiger partial charge is 0.326 e. The molecule has 1 unspecified atom stereocenters. The summed E-state index contributed by atoms with van der Waals surface area (Å²) in [5, 5.41) is 8.78. The van der Waals surface area contributed by atoms with Crippen molar-refractivity contribution in [2.24, 2.45) is 16.6 Å². The normalized spacial score (nSPS) is 30.1. The molecule has 0 radical (unpaired) electrons. The van der Waals surface area contributed by atoms with Crippen LogP contribution >= 0.6 is 0 Å². The fourth-order valence-corrected chi connectivity index (χ4v) is 3.43. The number of aryl methyl sites for hydroxylation is 1. The predicted octanol–water partition coefficient (Wildman–Crippen LogP) is 1.70. The van der Waals surface area contributed by atoms with E-state index >= 15 is 0 Å². The van der Waals surface area contributed by atoms with Gasteiger partial charge in [-0.3, -0.25) is 0 Å². The summed E-state index contributed by atoms with van der Waals surface area (Å²) in [5.74, 6) is 2.80. The van der Waals surface area contributed by atoms with Gasteiger partial charge in [-0.1, -0.05) is 27.7 Å². The topological polar surface area (TPSA) is 56.7 Å². The number of hydrogen-bond acceptors (Lipinski definition) is 3. The Morgan fingerprint density at radius 1 is 1.18 bits per heavy atom. The Labute approximate surface area is 103 Å². The molecule has 1 atom stereocenters. The Bertz CT molecular complexity index is 444. The third-order valence-corrected chi connectivity index (χ3v) is 5.29. The smallest absolute Gasteiger partial charge is 0.137 e. The lowest BCUT2D eigenvalue weighted by Crippen LogP contribution is -2.32. The molecule has 4 nitrogen and oxygen atoms in total. The number of nitrogens with two attached hydrogens (primary N) is 1. The van der Waals surface area contributed by atoms with Crippen molar-refractivity contribution in [3.8, 4) is 0 Å². The first kappa shape index (κ1) is 11.2. The second kappa shape index (κ2) is 3.10. The Morgan fingerprint density at radius 2 is 1.82 bits per heavy atom. The third kappa shape index (κ3) is 1.33. The molecule has 0 spiro atoms. The summed E-state index contributed by atoms with van der Waals surface area (Å²) in [6, 6.07) is 0.266. The molecule has 3 rings (SSSR count). The molecule has 2 N–H and O–H groups in total. The van der Waals surface area contributed by atoms with Gasteiger partial charge in [0.2, 0.25) is 0 Å². The van der Waals surface area contributed by atoms with Crippen molar-refractivity contribution >= 4 is 0 Å². The van der Waals surface area contributed by atoms with Gasteiger partial charge in [-0.2, -0.15) is 0 Å². The van der Waals surface area contributed by atoms with E-state index < -0.39 is 0 Å². The Hall–Kier alpha value is -0.900. The highest BCUT2D eigenvalue weighted by atomic mass is 15.3. The fourth-order valence-electron chi connectivity index (χ4n) is 3.43. The van der Waals surface area contributed by atoms with Gasteiger partial charge in [0.1, 0.15) is 11.6 Å². The molecule has 2 aliphatic rings. The van der Waals surface area contributed by atoms with Gasteiger partial charge in [-0.25, -0.2) is 0 Å². The lowest BCUT2D eigenvalue weighted by Gasteiger charge is -2.21. The van der Waals surface area contributed by atoms with Crippen LogP contribution in [0.1, 0.15) is 51.7 Å². The standard InChI is InChI=1S/C13H22N4/c1-12(2)10(13(12,3)4)11-16-15-9-6-5-8(14)7-17(9)11/h8,10H,5-7,14H2,1-4H3. The van der Waals surface area contributed by atoms with Gasteiger partial charge in [-0.05, 0) is 17.3 Å². The quantitative estimate of drug-likeness (QED) is 0.804. The van der Waals surface area contributed by atoms with Gasteiger partial charge >= 0.3 is 0 Å². The molecular weight excluding hydrogens is 212 g/mol. The lowest BCUT2D eigenvalue weighted by atomic mass is 10.0. The van der Waals surface area contributed by atoms with Gasteiger partial charge in [-0.15, -0.1) is 10.2 Å². The molecule has 94 valence electrons. The van der Waals surface area contributed by atoms with Crippen molar-refractivity contribution in [2.75, 3.05) is 0 Å². The molecule has 0 aromatic carbocycles. The van der Waals surface area contributed by atoms with Crippen molar-refractivity contribution in [3.05, 3.63) is 11.6 Å². The van der Waals surface area contributed by atoms with Gasteiger partial charge in [0.15, 0.2) is 0 Å². The molecule has 1 aliphatic heterocycles. The van der Waals surface area contributed by atoms with E-state index in [1.54, 1.807) is 0 Å². The van der Waals surface area contributed by atoms with Gasteiger partial charge in [0.25, 0.3) is 0 Å². The van der Waals surface area contributed by atoms with Crippen LogP contribution in [0.15, 0.2) is 0 Å². The summed E-state index contributed by atoms with van der Waals surface area (Å²) in [4.78, 5) is 0. The minimum atomic E-state index is 0.266. The van der Waals surface area contributed by atoms with E-state index in [1.165, 1.54) is 0 Å². The molecule has 4 heteroatoms. The zero-order chi connectivity index (χ0) is 12.4. The van der Waals surface area contributed by atoms with Crippen LogP contribution in [0.2, 0.25) is 0 Å². The van der Waals surface area contributed by atoms with E-state index in [4.69, 9.17) is 5.73 Å². The molecule has 1 aromatic heterocycles. The minimum absolute atomic E-state index is 0.266. The number of hydrogen-bond donors (Lipinski definition) is 1. The van der Waals surface area contributed by atoms with Crippen LogP contribution in [0.25, 0.3) is 0 Å². The number of fused-ring (bicyclic) bond motifs is 1. The zero-order valence-electron chi connectivity index (χ0n) is 11.2. The van der Waals surface area contributed by atoms with Crippen molar-refractivity contribution in [3.63, 3.8) is 0 Å². The first-order valence-electron chi connectivity index (χ1n) is 6.53. The second-order valence-corrected chi connectivity index (χ2v) is 6.76. The number of nitrogens with zero attached hydrogens (tertiary/aromatic N) is 3. The van der Waals surface area contributed by atoms with E-state index in [-0.39, 0.29) is 6.04 Å².